The van der Waals surface area contributed by atoms with Gasteiger partial charge in [0.25, 0.3) is 0 Å². The van der Waals surface area contributed by atoms with E-state index in [0.717, 1.165) is 44.5 Å². The number of ether oxygens (including phenoxy) is 1. The molecule has 0 spiro atoms. The minimum Gasteiger partial charge on any atom is -0.378 e. The minimum atomic E-state index is 0.0283. The second-order valence-corrected chi connectivity index (χ2v) is 6.33. The van der Waals surface area contributed by atoms with Crippen LogP contribution in [0.4, 0.5) is 5.13 Å². The second kappa shape index (κ2) is 8.46. The van der Waals surface area contributed by atoms with E-state index >= 15 is 0 Å². The third-order valence-corrected chi connectivity index (χ3v) is 4.41. The van der Waals surface area contributed by atoms with Gasteiger partial charge in [0.2, 0.25) is 5.91 Å². The van der Waals surface area contributed by atoms with Gasteiger partial charge in [-0.3, -0.25) is 4.79 Å². The number of hydrogen-bond donors (Lipinski definition) is 2. The van der Waals surface area contributed by atoms with Crippen molar-refractivity contribution in [2.45, 2.75) is 58.1 Å². The molecule has 0 bridgehead atoms. The van der Waals surface area contributed by atoms with Crippen LogP contribution in [-0.4, -0.2) is 30.1 Å². The van der Waals surface area contributed by atoms with Gasteiger partial charge in [0.15, 0.2) is 5.13 Å². The van der Waals surface area contributed by atoms with E-state index in [4.69, 9.17) is 4.74 Å². The Labute approximate surface area is 130 Å². The van der Waals surface area contributed by atoms with E-state index in [1.165, 1.54) is 11.3 Å². The Kier molecular flexibility index (Phi) is 6.60. The third kappa shape index (κ3) is 5.37. The molecule has 2 atom stereocenters. The molecule has 1 aliphatic rings. The van der Waals surface area contributed by atoms with E-state index in [0.29, 0.717) is 11.6 Å². The van der Waals surface area contributed by atoms with Crippen LogP contribution in [0, 0.1) is 0 Å². The fourth-order valence-corrected chi connectivity index (χ4v) is 3.17. The Morgan fingerprint density at radius 2 is 2.48 bits per heavy atom. The summed E-state index contributed by atoms with van der Waals surface area (Å²) in [5.74, 6) is 0.0283. The van der Waals surface area contributed by atoms with E-state index in [-0.39, 0.29) is 18.1 Å². The predicted octanol–water partition coefficient (Wildman–Crippen LogP) is 3.10. The largest absolute Gasteiger partial charge is 0.378 e. The zero-order chi connectivity index (χ0) is 15.1. The van der Waals surface area contributed by atoms with Gasteiger partial charge in [0.05, 0.1) is 11.8 Å². The molecular weight excluding hydrogens is 286 g/mol. The molecular formula is C15H25N3O2S. The van der Waals surface area contributed by atoms with Gasteiger partial charge in [-0.05, 0) is 39.2 Å². The van der Waals surface area contributed by atoms with Crippen molar-refractivity contribution in [1.82, 2.24) is 10.3 Å². The SMILES string of the molecule is CCCNC(C)c1csc(NC(=O)CCC2CCCO2)n1. The fourth-order valence-electron chi connectivity index (χ4n) is 2.35. The Hall–Kier alpha value is -0.980. The van der Waals surface area contributed by atoms with Crippen LogP contribution in [0.15, 0.2) is 5.38 Å². The van der Waals surface area contributed by atoms with Crippen molar-refractivity contribution in [2.75, 3.05) is 18.5 Å². The first-order chi connectivity index (χ1) is 10.2. The molecule has 118 valence electrons. The molecule has 2 rings (SSSR count). The van der Waals surface area contributed by atoms with Gasteiger partial charge >= 0.3 is 0 Å². The number of aromatic nitrogens is 1. The number of rotatable bonds is 8. The summed E-state index contributed by atoms with van der Waals surface area (Å²) in [4.78, 5) is 16.4. The zero-order valence-corrected chi connectivity index (χ0v) is 13.7. The maximum absolute atomic E-state index is 11.9. The number of carbonyl (C=O) groups is 1. The summed E-state index contributed by atoms with van der Waals surface area (Å²) < 4.78 is 5.53. The quantitative estimate of drug-likeness (QED) is 0.774. The van der Waals surface area contributed by atoms with Crippen molar-refractivity contribution in [3.8, 4) is 0 Å². The molecule has 1 fully saturated rings. The van der Waals surface area contributed by atoms with Crippen LogP contribution in [0.2, 0.25) is 0 Å². The molecule has 0 saturated carbocycles. The smallest absolute Gasteiger partial charge is 0.226 e. The predicted molar refractivity (Wildman–Crippen MR) is 85.7 cm³/mol. The molecule has 1 amide bonds. The summed E-state index contributed by atoms with van der Waals surface area (Å²) >= 11 is 1.48. The third-order valence-electron chi connectivity index (χ3n) is 3.63. The number of nitrogens with one attached hydrogen (secondary N) is 2. The van der Waals surface area contributed by atoms with Gasteiger partial charge in [-0.2, -0.15) is 0 Å². The lowest BCUT2D eigenvalue weighted by Crippen LogP contribution is -2.19. The lowest BCUT2D eigenvalue weighted by atomic mass is 10.1. The number of anilines is 1. The van der Waals surface area contributed by atoms with Crippen molar-refractivity contribution in [3.63, 3.8) is 0 Å². The van der Waals surface area contributed by atoms with E-state index < -0.39 is 0 Å². The standard InChI is InChI=1S/C15H25N3O2S/c1-3-8-16-11(2)13-10-21-15(17-13)18-14(19)7-6-12-5-4-9-20-12/h10-12,16H,3-9H2,1-2H3,(H,17,18,19). The van der Waals surface area contributed by atoms with Gasteiger partial charge in [0, 0.05) is 24.4 Å². The van der Waals surface area contributed by atoms with E-state index in [9.17, 15) is 4.79 Å². The summed E-state index contributed by atoms with van der Waals surface area (Å²) in [7, 11) is 0. The summed E-state index contributed by atoms with van der Waals surface area (Å²) in [6.45, 7) is 6.04. The first kappa shape index (κ1) is 16.4. The first-order valence-electron chi connectivity index (χ1n) is 7.79. The average molecular weight is 311 g/mol. The monoisotopic (exact) mass is 311 g/mol. The molecule has 21 heavy (non-hydrogen) atoms. The van der Waals surface area contributed by atoms with Crippen LogP contribution < -0.4 is 10.6 Å². The van der Waals surface area contributed by atoms with Crippen LogP contribution in [0.25, 0.3) is 0 Å². The van der Waals surface area contributed by atoms with Crippen molar-refractivity contribution < 1.29 is 9.53 Å². The topological polar surface area (TPSA) is 63.2 Å². The number of amides is 1. The van der Waals surface area contributed by atoms with Crippen LogP contribution in [0.1, 0.15) is 57.7 Å². The molecule has 5 nitrogen and oxygen atoms in total. The molecule has 0 radical (unpaired) electrons. The Morgan fingerprint density at radius 1 is 1.62 bits per heavy atom. The van der Waals surface area contributed by atoms with E-state index in [1.807, 2.05) is 5.38 Å². The van der Waals surface area contributed by atoms with Crippen LogP contribution in [-0.2, 0) is 9.53 Å². The molecule has 2 N–H and O–H groups in total. The summed E-state index contributed by atoms with van der Waals surface area (Å²) in [6.07, 6.45) is 4.87. The van der Waals surface area contributed by atoms with Crippen molar-refractivity contribution in [1.29, 1.82) is 0 Å². The molecule has 1 aliphatic heterocycles. The van der Waals surface area contributed by atoms with E-state index in [1.54, 1.807) is 0 Å². The van der Waals surface area contributed by atoms with Gasteiger partial charge in [-0.25, -0.2) is 4.98 Å². The highest BCUT2D eigenvalue weighted by Crippen LogP contribution is 2.21. The lowest BCUT2D eigenvalue weighted by molar-refractivity contribution is -0.116. The maximum Gasteiger partial charge on any atom is 0.226 e. The molecule has 1 aromatic heterocycles. The molecule has 0 aliphatic carbocycles. The molecule has 1 saturated heterocycles. The fraction of sp³-hybridized carbons (Fsp3) is 0.733. The molecule has 2 unspecified atom stereocenters. The van der Waals surface area contributed by atoms with Crippen molar-refractivity contribution >= 4 is 22.4 Å². The van der Waals surface area contributed by atoms with Crippen LogP contribution in [0.5, 0.6) is 0 Å². The molecule has 1 aromatic rings. The molecule has 6 heteroatoms. The number of carbonyl (C=O) groups excluding carboxylic acids is 1. The maximum atomic E-state index is 11.9. The molecule has 2 heterocycles. The number of thiazole rings is 1. The summed E-state index contributed by atoms with van der Waals surface area (Å²) in [5.41, 5.74) is 0.989. The summed E-state index contributed by atoms with van der Waals surface area (Å²) in [6, 6.07) is 0.221. The van der Waals surface area contributed by atoms with Crippen molar-refractivity contribution in [3.05, 3.63) is 11.1 Å². The highest BCUT2D eigenvalue weighted by atomic mass is 32.1. The summed E-state index contributed by atoms with van der Waals surface area (Å²) in [5, 5.41) is 8.97. The minimum absolute atomic E-state index is 0.0283. The lowest BCUT2D eigenvalue weighted by Gasteiger charge is -2.10. The Bertz CT molecular complexity index is 444. The first-order valence-corrected chi connectivity index (χ1v) is 8.67. The Balaban J connectivity index is 1.74. The van der Waals surface area contributed by atoms with E-state index in [2.05, 4.69) is 29.5 Å². The van der Waals surface area contributed by atoms with Crippen LogP contribution >= 0.6 is 11.3 Å². The Morgan fingerprint density at radius 3 is 3.19 bits per heavy atom. The van der Waals surface area contributed by atoms with Gasteiger partial charge < -0.3 is 15.4 Å². The van der Waals surface area contributed by atoms with Gasteiger partial charge in [-0.15, -0.1) is 11.3 Å². The number of nitrogens with zero attached hydrogens (tertiary/aromatic N) is 1. The highest BCUT2D eigenvalue weighted by molar-refractivity contribution is 7.13. The highest BCUT2D eigenvalue weighted by Gasteiger charge is 2.17. The zero-order valence-electron chi connectivity index (χ0n) is 12.9. The van der Waals surface area contributed by atoms with Crippen LogP contribution in [0.3, 0.4) is 0 Å². The van der Waals surface area contributed by atoms with Gasteiger partial charge in [0.1, 0.15) is 0 Å². The molecule has 0 aromatic carbocycles. The second-order valence-electron chi connectivity index (χ2n) is 5.48. The van der Waals surface area contributed by atoms with Crippen molar-refractivity contribution in [2.24, 2.45) is 0 Å². The normalized spacial score (nSPS) is 19.6. The number of hydrogen-bond acceptors (Lipinski definition) is 5. The van der Waals surface area contributed by atoms with Gasteiger partial charge in [-0.1, -0.05) is 6.92 Å². The average Bonchev–Trinajstić information content (AvgIpc) is 3.14.